The van der Waals surface area contributed by atoms with Crippen LogP contribution in [-0.2, 0) is 44.9 Å². The first kappa shape index (κ1) is 20.5. The number of likely N-dealkylation sites (N-methyl/N-ethyl adjacent to an activating group) is 1. The van der Waals surface area contributed by atoms with Gasteiger partial charge in [0.1, 0.15) is 0 Å². The smallest absolute Gasteiger partial charge is 0.256 e. The first-order valence-corrected chi connectivity index (χ1v) is 7.19. The molecule has 3 aliphatic rings. The van der Waals surface area contributed by atoms with E-state index in [9.17, 15) is 9.59 Å². The van der Waals surface area contributed by atoms with E-state index in [1.54, 1.807) is 21.0 Å². The van der Waals surface area contributed by atoms with Gasteiger partial charge in [-0.25, -0.2) is 0 Å². The van der Waals surface area contributed by atoms with Gasteiger partial charge in [-0.3, -0.25) is 14.5 Å². The number of ether oxygens (including phenoxy) is 3. The summed E-state index contributed by atoms with van der Waals surface area (Å²) in [5.74, 6) is -0.356. The summed E-state index contributed by atoms with van der Waals surface area (Å²) in [6.45, 7) is 10.3. The third-order valence-corrected chi connectivity index (χ3v) is 3.56. The average Bonchev–Trinajstić information content (AvgIpc) is 3.11. The number of amides is 2. The van der Waals surface area contributed by atoms with Crippen LogP contribution in [0.15, 0.2) is 11.1 Å². The van der Waals surface area contributed by atoms with Crippen molar-refractivity contribution < 1.29 is 46.2 Å². The maximum atomic E-state index is 11.0. The molecule has 132 valence electrons. The normalized spacial score (nSPS) is 25.4. The molecule has 1 atom stereocenters. The monoisotopic (exact) mass is 497 g/mol. The molecule has 0 N–H and O–H groups in total. The molecule has 3 rings (SSSR count). The molecule has 0 saturated carbocycles. The van der Waals surface area contributed by atoms with Crippen molar-refractivity contribution in [2.75, 3.05) is 34.0 Å². The van der Waals surface area contributed by atoms with E-state index in [-0.39, 0.29) is 39.0 Å². The van der Waals surface area contributed by atoms with Crippen molar-refractivity contribution in [3.05, 3.63) is 17.7 Å². The van der Waals surface area contributed by atoms with Crippen molar-refractivity contribution in [1.29, 1.82) is 0 Å². The van der Waals surface area contributed by atoms with Gasteiger partial charge in [0, 0.05) is 51.8 Å². The topological polar surface area (TPSA) is 68.4 Å². The molecule has 0 radical (unpaired) electrons. The number of nitrogens with zero attached hydrogens (tertiary/aromatic N) is 1. The minimum absolute atomic E-state index is 0. The minimum Gasteiger partial charge on any atom is -0.570 e. The van der Waals surface area contributed by atoms with Crippen LogP contribution < -0.4 is 0 Å². The number of hydrogen-bond donors (Lipinski definition) is 0. The summed E-state index contributed by atoms with van der Waals surface area (Å²) in [6.07, 6.45) is 0.134. The number of imide groups is 1. The number of carbonyl (C=O) groups is 2. The molecule has 1 unspecified atom stereocenters. The molecule has 3 aliphatic heterocycles. The van der Waals surface area contributed by atoms with Crippen molar-refractivity contribution in [1.82, 2.24) is 4.90 Å². The summed E-state index contributed by atoms with van der Waals surface area (Å²) in [6, 6.07) is 0. The molecule has 2 fully saturated rings. The molecular formula is C16H26NO5W-. The Morgan fingerprint density at radius 1 is 1.35 bits per heavy atom. The van der Waals surface area contributed by atoms with Gasteiger partial charge in [-0.05, 0) is 13.8 Å². The Morgan fingerprint density at radius 2 is 1.74 bits per heavy atom. The summed E-state index contributed by atoms with van der Waals surface area (Å²) < 4.78 is 21.1. The van der Waals surface area contributed by atoms with Gasteiger partial charge in [-0.1, -0.05) is 20.0 Å². The van der Waals surface area contributed by atoms with Gasteiger partial charge in [0.15, 0.2) is 0 Å². The van der Waals surface area contributed by atoms with Crippen molar-refractivity contribution >= 4 is 11.8 Å². The predicted molar refractivity (Wildman–Crippen MR) is 81.8 cm³/mol. The summed E-state index contributed by atoms with van der Waals surface area (Å²) >= 11 is 0. The SMILES string of the molecule is CC1=C(C)C(=O)N(C)C1=O.COCC1(C)COC1.[2H][C-]1OC1C.[W]. The predicted octanol–water partition coefficient (Wildman–Crippen LogP) is 1.56. The second-order valence-electron chi connectivity index (χ2n) is 6.03. The number of epoxide rings is 1. The van der Waals surface area contributed by atoms with E-state index in [2.05, 4.69) is 11.7 Å². The zero-order chi connectivity index (χ0) is 17.8. The Labute approximate surface area is 154 Å². The van der Waals surface area contributed by atoms with E-state index in [0.29, 0.717) is 23.1 Å². The van der Waals surface area contributed by atoms with Crippen LogP contribution in [0.2, 0.25) is 0 Å². The summed E-state index contributed by atoms with van der Waals surface area (Å²) in [4.78, 5) is 23.1. The molecule has 0 aromatic rings. The standard InChI is InChI=1S/C7H9NO2.C6H12O2.C3H5O.W/c1-4-5(2)7(10)8(3)6(4)9;1-6(3-7-2)4-8-5-6;1-3-2-4-3;/h1-3H3;3-5H2,1-2H3;2-3H,1H3;/q;;-1;/i;;2D;. The van der Waals surface area contributed by atoms with Crippen molar-refractivity contribution in [2.45, 2.75) is 33.8 Å². The van der Waals surface area contributed by atoms with Crippen LogP contribution in [0, 0.1) is 12.0 Å². The van der Waals surface area contributed by atoms with Gasteiger partial charge in [0.2, 0.25) is 0 Å². The maximum Gasteiger partial charge on any atom is 0.256 e. The van der Waals surface area contributed by atoms with Gasteiger partial charge in [-0.2, -0.15) is 7.95 Å². The Hall–Kier alpha value is -0.552. The van der Waals surface area contributed by atoms with Crippen LogP contribution >= 0.6 is 0 Å². The fraction of sp³-hybridized carbons (Fsp3) is 0.688. The number of rotatable bonds is 2. The second-order valence-corrected chi connectivity index (χ2v) is 6.03. The molecule has 0 aromatic heterocycles. The Balaban J connectivity index is 0.000000340. The number of hydrogen-bond acceptors (Lipinski definition) is 5. The zero-order valence-corrected chi connectivity index (χ0v) is 17.5. The Morgan fingerprint density at radius 3 is 1.83 bits per heavy atom. The zero-order valence-electron chi connectivity index (χ0n) is 15.6. The molecule has 3 heterocycles. The summed E-state index contributed by atoms with van der Waals surface area (Å²) in [5.41, 5.74) is 1.45. The first-order valence-electron chi connectivity index (χ1n) is 7.69. The number of methoxy groups -OCH3 is 1. The molecule has 2 amide bonds. The molecule has 0 aliphatic carbocycles. The van der Waals surface area contributed by atoms with Crippen LogP contribution in [0.4, 0.5) is 0 Å². The van der Waals surface area contributed by atoms with Gasteiger partial charge in [-0.15, -0.1) is 0 Å². The first-order chi connectivity index (χ1) is 10.6. The van der Waals surface area contributed by atoms with Crippen LogP contribution in [0.3, 0.4) is 0 Å². The fourth-order valence-corrected chi connectivity index (χ4v) is 1.87. The van der Waals surface area contributed by atoms with Crippen LogP contribution in [0.5, 0.6) is 0 Å². The van der Waals surface area contributed by atoms with Crippen LogP contribution in [0.25, 0.3) is 0 Å². The number of carbonyl (C=O) groups excluding carboxylic acids is 2. The van der Waals surface area contributed by atoms with E-state index < -0.39 is 0 Å². The molecule has 2 saturated heterocycles. The van der Waals surface area contributed by atoms with Gasteiger partial charge in [0.05, 0.1) is 19.8 Å². The van der Waals surface area contributed by atoms with Crippen molar-refractivity contribution in [3.63, 3.8) is 0 Å². The molecule has 23 heavy (non-hydrogen) atoms. The molecule has 7 heteroatoms. The second kappa shape index (κ2) is 9.67. The van der Waals surface area contributed by atoms with E-state index in [1.807, 2.05) is 6.92 Å². The van der Waals surface area contributed by atoms with Gasteiger partial charge < -0.3 is 14.2 Å². The minimum atomic E-state index is -0.178. The summed E-state index contributed by atoms with van der Waals surface area (Å²) in [5, 5.41) is 0. The fourth-order valence-electron chi connectivity index (χ4n) is 1.87. The molecule has 0 spiro atoms. The average molecular weight is 497 g/mol. The van der Waals surface area contributed by atoms with E-state index >= 15 is 0 Å². The third kappa shape index (κ3) is 6.84. The maximum absolute atomic E-state index is 11.0. The molecule has 0 aromatic carbocycles. The largest absolute Gasteiger partial charge is 0.570 e. The molecule has 6 nitrogen and oxygen atoms in total. The van der Waals surface area contributed by atoms with Gasteiger partial charge >= 0.3 is 0 Å². The quantitative estimate of drug-likeness (QED) is 0.329. The van der Waals surface area contributed by atoms with Crippen molar-refractivity contribution in [3.8, 4) is 0 Å². The van der Waals surface area contributed by atoms with Crippen LogP contribution in [-0.4, -0.2) is 56.8 Å². The van der Waals surface area contributed by atoms with Crippen molar-refractivity contribution in [2.24, 2.45) is 5.41 Å². The van der Waals surface area contributed by atoms with E-state index in [0.717, 1.165) is 24.7 Å². The summed E-state index contributed by atoms with van der Waals surface area (Å²) in [7, 11) is 3.22. The van der Waals surface area contributed by atoms with Crippen LogP contribution in [0.1, 0.15) is 29.1 Å². The Bertz CT molecular complexity index is 463. The van der Waals surface area contributed by atoms with E-state index in [4.69, 9.17) is 10.8 Å². The molecule has 0 bridgehead atoms. The third-order valence-electron chi connectivity index (χ3n) is 3.56. The van der Waals surface area contributed by atoms with E-state index in [1.165, 1.54) is 7.05 Å². The van der Waals surface area contributed by atoms with Gasteiger partial charge in [0.25, 0.3) is 11.8 Å². The Kier molecular flexibility index (Phi) is 8.62. The molecular weight excluding hydrogens is 470 g/mol.